The van der Waals surface area contributed by atoms with Crippen molar-refractivity contribution in [2.45, 2.75) is 13.5 Å². The molecule has 24 heavy (non-hydrogen) atoms. The van der Waals surface area contributed by atoms with E-state index >= 15 is 0 Å². The van der Waals surface area contributed by atoms with E-state index in [1.54, 1.807) is 34.4 Å². The van der Waals surface area contributed by atoms with Crippen molar-refractivity contribution in [1.29, 1.82) is 0 Å². The third-order valence-electron chi connectivity index (χ3n) is 3.88. The van der Waals surface area contributed by atoms with E-state index in [0.717, 1.165) is 30.3 Å². The summed E-state index contributed by atoms with van der Waals surface area (Å²) < 4.78 is 0. The normalized spacial score (nSPS) is 15.5. The molecule has 2 heterocycles. The predicted molar refractivity (Wildman–Crippen MR) is 99.2 cm³/mol. The standard InChI is InChI=1S/C16H18Cl2N4OS/c1-11-19-13(10-24-11)9-21-4-6-22(7-5-21)16(23)20-15-3-2-12(17)8-14(15)18/h2-3,8,10H,4-7,9H2,1H3,(H,20,23). The number of piperazine rings is 1. The van der Waals surface area contributed by atoms with Gasteiger partial charge >= 0.3 is 6.03 Å². The third-order valence-corrected chi connectivity index (χ3v) is 5.25. The lowest BCUT2D eigenvalue weighted by molar-refractivity contribution is 0.142. The van der Waals surface area contributed by atoms with E-state index in [4.69, 9.17) is 23.2 Å². The molecule has 2 aromatic rings. The van der Waals surface area contributed by atoms with Crippen molar-refractivity contribution >= 4 is 46.3 Å². The van der Waals surface area contributed by atoms with Crippen molar-refractivity contribution in [3.63, 3.8) is 0 Å². The van der Waals surface area contributed by atoms with Crippen LogP contribution in [0.4, 0.5) is 10.5 Å². The first kappa shape index (κ1) is 17.5. The predicted octanol–water partition coefficient (Wildman–Crippen LogP) is 4.11. The van der Waals surface area contributed by atoms with E-state index in [1.165, 1.54) is 0 Å². The number of rotatable bonds is 3. The zero-order chi connectivity index (χ0) is 17.1. The van der Waals surface area contributed by atoms with Crippen LogP contribution in [0.25, 0.3) is 0 Å². The number of aromatic nitrogens is 1. The van der Waals surface area contributed by atoms with Gasteiger partial charge in [0.05, 0.1) is 21.4 Å². The van der Waals surface area contributed by atoms with Crippen molar-refractivity contribution in [3.8, 4) is 0 Å². The van der Waals surface area contributed by atoms with Gasteiger partial charge in [-0.2, -0.15) is 0 Å². The Balaban J connectivity index is 1.51. The summed E-state index contributed by atoms with van der Waals surface area (Å²) in [7, 11) is 0. The van der Waals surface area contributed by atoms with Gasteiger partial charge in [0, 0.05) is 43.1 Å². The molecule has 1 N–H and O–H groups in total. The molecule has 8 heteroatoms. The van der Waals surface area contributed by atoms with Gasteiger partial charge in [-0.15, -0.1) is 11.3 Å². The average molecular weight is 385 g/mol. The first-order valence-electron chi connectivity index (χ1n) is 7.65. The molecule has 0 bridgehead atoms. The van der Waals surface area contributed by atoms with Crippen LogP contribution in [0.5, 0.6) is 0 Å². The Morgan fingerprint density at radius 3 is 2.67 bits per heavy atom. The highest BCUT2D eigenvalue weighted by atomic mass is 35.5. The number of thiazole rings is 1. The Labute approximate surface area is 155 Å². The molecule has 0 unspecified atom stereocenters. The van der Waals surface area contributed by atoms with Gasteiger partial charge in [0.1, 0.15) is 0 Å². The summed E-state index contributed by atoms with van der Waals surface area (Å²) >= 11 is 13.6. The smallest absolute Gasteiger partial charge is 0.321 e. The van der Waals surface area contributed by atoms with E-state index < -0.39 is 0 Å². The van der Waals surface area contributed by atoms with E-state index in [2.05, 4.69) is 20.6 Å². The zero-order valence-electron chi connectivity index (χ0n) is 13.3. The Morgan fingerprint density at radius 1 is 1.29 bits per heavy atom. The number of halogens is 2. The van der Waals surface area contributed by atoms with Crippen LogP contribution in [0, 0.1) is 6.92 Å². The van der Waals surface area contributed by atoms with Crippen LogP contribution in [-0.2, 0) is 6.54 Å². The van der Waals surface area contributed by atoms with Gasteiger partial charge in [0.15, 0.2) is 0 Å². The van der Waals surface area contributed by atoms with Crippen molar-refractivity contribution in [2.75, 3.05) is 31.5 Å². The van der Waals surface area contributed by atoms with E-state index in [0.29, 0.717) is 28.8 Å². The number of anilines is 1. The van der Waals surface area contributed by atoms with Gasteiger partial charge in [0.2, 0.25) is 0 Å². The summed E-state index contributed by atoms with van der Waals surface area (Å²) in [5, 5.41) is 7.01. The second-order valence-corrected chi connectivity index (χ2v) is 7.58. The molecule has 1 fully saturated rings. The molecule has 1 aliphatic heterocycles. The minimum atomic E-state index is -0.136. The Hall–Kier alpha value is -1.34. The molecule has 1 saturated heterocycles. The van der Waals surface area contributed by atoms with Crippen LogP contribution in [0.2, 0.25) is 10.0 Å². The number of urea groups is 1. The summed E-state index contributed by atoms with van der Waals surface area (Å²) in [6, 6.07) is 4.90. The number of carbonyl (C=O) groups excluding carboxylic acids is 1. The number of amides is 2. The average Bonchev–Trinajstić information content (AvgIpc) is 2.96. The minimum Gasteiger partial charge on any atom is -0.322 e. The second kappa shape index (κ2) is 7.70. The van der Waals surface area contributed by atoms with Crippen LogP contribution < -0.4 is 5.32 Å². The van der Waals surface area contributed by atoms with E-state index in [1.807, 2.05) is 6.92 Å². The number of hydrogen-bond donors (Lipinski definition) is 1. The molecule has 1 aliphatic rings. The highest BCUT2D eigenvalue weighted by molar-refractivity contribution is 7.09. The van der Waals surface area contributed by atoms with Gasteiger partial charge in [-0.3, -0.25) is 4.90 Å². The number of nitrogens with one attached hydrogen (secondary N) is 1. The summed E-state index contributed by atoms with van der Waals surface area (Å²) in [5.74, 6) is 0. The number of hydrogen-bond acceptors (Lipinski definition) is 4. The highest BCUT2D eigenvalue weighted by Gasteiger charge is 2.22. The highest BCUT2D eigenvalue weighted by Crippen LogP contribution is 2.25. The molecule has 0 radical (unpaired) electrons. The van der Waals surface area contributed by atoms with E-state index in [9.17, 15) is 4.79 Å². The summed E-state index contributed by atoms with van der Waals surface area (Å²) in [6.07, 6.45) is 0. The quantitative estimate of drug-likeness (QED) is 0.865. The van der Waals surface area contributed by atoms with Gasteiger partial charge in [-0.05, 0) is 25.1 Å². The first-order valence-corrected chi connectivity index (χ1v) is 9.29. The van der Waals surface area contributed by atoms with Crippen molar-refractivity contribution in [3.05, 3.63) is 44.3 Å². The monoisotopic (exact) mass is 384 g/mol. The lowest BCUT2D eigenvalue weighted by Crippen LogP contribution is -2.49. The fraction of sp³-hybridized carbons (Fsp3) is 0.375. The molecule has 3 rings (SSSR count). The molecular formula is C16H18Cl2N4OS. The van der Waals surface area contributed by atoms with Gasteiger partial charge in [-0.25, -0.2) is 9.78 Å². The Morgan fingerprint density at radius 2 is 2.04 bits per heavy atom. The lowest BCUT2D eigenvalue weighted by Gasteiger charge is -2.34. The molecule has 2 amide bonds. The van der Waals surface area contributed by atoms with Crippen LogP contribution in [-0.4, -0.2) is 47.0 Å². The third kappa shape index (κ3) is 4.39. The summed E-state index contributed by atoms with van der Waals surface area (Å²) in [5.41, 5.74) is 1.68. The molecular weight excluding hydrogens is 367 g/mol. The number of benzene rings is 1. The van der Waals surface area contributed by atoms with Gasteiger partial charge in [-0.1, -0.05) is 23.2 Å². The van der Waals surface area contributed by atoms with Crippen LogP contribution >= 0.6 is 34.5 Å². The van der Waals surface area contributed by atoms with Crippen molar-refractivity contribution in [2.24, 2.45) is 0 Å². The molecule has 5 nitrogen and oxygen atoms in total. The fourth-order valence-electron chi connectivity index (χ4n) is 2.60. The first-order chi connectivity index (χ1) is 11.5. The number of carbonyl (C=O) groups is 1. The second-order valence-electron chi connectivity index (χ2n) is 5.68. The number of aryl methyl sites for hydroxylation is 1. The van der Waals surface area contributed by atoms with Crippen molar-refractivity contribution < 1.29 is 4.79 Å². The topological polar surface area (TPSA) is 48.5 Å². The number of nitrogens with zero attached hydrogens (tertiary/aromatic N) is 3. The van der Waals surface area contributed by atoms with Gasteiger partial charge < -0.3 is 10.2 Å². The Kier molecular flexibility index (Phi) is 5.61. The lowest BCUT2D eigenvalue weighted by atomic mass is 10.3. The van der Waals surface area contributed by atoms with Crippen LogP contribution in [0.15, 0.2) is 23.6 Å². The van der Waals surface area contributed by atoms with Crippen LogP contribution in [0.1, 0.15) is 10.7 Å². The van der Waals surface area contributed by atoms with Gasteiger partial charge in [0.25, 0.3) is 0 Å². The largest absolute Gasteiger partial charge is 0.322 e. The van der Waals surface area contributed by atoms with Crippen LogP contribution in [0.3, 0.4) is 0 Å². The SMILES string of the molecule is Cc1nc(CN2CCN(C(=O)Nc3ccc(Cl)cc3Cl)CC2)cs1. The molecule has 128 valence electrons. The zero-order valence-corrected chi connectivity index (χ0v) is 15.6. The molecule has 0 saturated carbocycles. The molecule has 1 aromatic carbocycles. The minimum absolute atomic E-state index is 0.136. The molecule has 0 spiro atoms. The van der Waals surface area contributed by atoms with Crippen molar-refractivity contribution in [1.82, 2.24) is 14.8 Å². The van der Waals surface area contributed by atoms with E-state index in [-0.39, 0.29) is 6.03 Å². The maximum absolute atomic E-state index is 12.4. The molecule has 0 atom stereocenters. The maximum Gasteiger partial charge on any atom is 0.321 e. The Bertz CT molecular complexity index is 729. The fourth-order valence-corrected chi connectivity index (χ4v) is 3.66. The summed E-state index contributed by atoms with van der Waals surface area (Å²) in [6.45, 7) is 5.87. The molecule has 1 aromatic heterocycles. The molecule has 0 aliphatic carbocycles. The summed E-state index contributed by atoms with van der Waals surface area (Å²) in [4.78, 5) is 21.0. The maximum atomic E-state index is 12.4.